The minimum absolute atomic E-state index is 0.276. The van der Waals surface area contributed by atoms with Gasteiger partial charge in [0.05, 0.1) is 23.5 Å². The van der Waals surface area contributed by atoms with E-state index in [0.29, 0.717) is 18.1 Å². The van der Waals surface area contributed by atoms with Crippen LogP contribution in [0.3, 0.4) is 0 Å². The van der Waals surface area contributed by atoms with Crippen molar-refractivity contribution < 1.29 is 18.8 Å². The molecule has 1 aromatic heterocycles. The summed E-state index contributed by atoms with van der Waals surface area (Å²) in [5, 5.41) is 0. The lowest BCUT2D eigenvalue weighted by Crippen LogP contribution is -2.41. The quantitative estimate of drug-likeness (QED) is 0.503. The summed E-state index contributed by atoms with van der Waals surface area (Å²) in [6.45, 7) is 10.1. The molecule has 0 spiro atoms. The number of nitrogens with zero attached hydrogens (tertiary/aromatic N) is 1. The molecule has 0 unspecified atom stereocenters. The zero-order chi connectivity index (χ0) is 18.0. The Labute approximate surface area is 149 Å². The molecule has 24 heavy (non-hydrogen) atoms. The highest BCUT2D eigenvalue weighted by Gasteiger charge is 2.52. The van der Waals surface area contributed by atoms with E-state index < -0.39 is 24.3 Å². The van der Waals surface area contributed by atoms with Crippen LogP contribution < -0.4 is 0 Å². The predicted molar refractivity (Wildman–Crippen MR) is 98.1 cm³/mol. The Morgan fingerprint density at radius 2 is 1.92 bits per heavy atom. The number of carbonyl (C=O) groups excluding carboxylic acids is 1. The normalized spacial score (nSPS) is 19.4. The van der Waals surface area contributed by atoms with Crippen molar-refractivity contribution in [3.05, 3.63) is 35.1 Å². The lowest BCUT2D eigenvalue weighted by atomic mass is 9.78. The van der Waals surface area contributed by atoms with Crippen molar-refractivity contribution in [3.63, 3.8) is 0 Å². The highest BCUT2D eigenvalue weighted by atomic mass is 32.1. The van der Waals surface area contributed by atoms with Gasteiger partial charge in [-0.3, -0.25) is 0 Å². The van der Waals surface area contributed by atoms with Crippen LogP contribution in [0, 0.1) is 0 Å². The van der Waals surface area contributed by atoms with Gasteiger partial charge in [-0.1, -0.05) is 6.07 Å². The number of rotatable bonds is 5. The van der Waals surface area contributed by atoms with E-state index in [1.165, 1.54) is 0 Å². The Morgan fingerprint density at radius 3 is 2.46 bits per heavy atom. The van der Waals surface area contributed by atoms with Crippen LogP contribution in [0.15, 0.2) is 23.7 Å². The second-order valence-electron chi connectivity index (χ2n) is 6.63. The number of ether oxygens (including phenoxy) is 1. The first kappa shape index (κ1) is 19.0. The number of pyridine rings is 1. The SMILES string of the molecule is CCOC(=O)c1cccc(C=C(CS)B2OC(C)(C)C(C)(C)O2)n1. The van der Waals surface area contributed by atoms with Gasteiger partial charge in [0.25, 0.3) is 0 Å². The summed E-state index contributed by atoms with van der Waals surface area (Å²) >= 11 is 4.39. The zero-order valence-corrected chi connectivity index (χ0v) is 15.7. The van der Waals surface area contributed by atoms with E-state index in [9.17, 15) is 4.79 Å². The summed E-state index contributed by atoms with van der Waals surface area (Å²) in [4.78, 5) is 16.1. The lowest BCUT2D eigenvalue weighted by Gasteiger charge is -2.32. The van der Waals surface area contributed by atoms with Gasteiger partial charge < -0.3 is 14.0 Å². The predicted octanol–water partition coefficient (Wildman–Crippen LogP) is 3.20. The second-order valence-corrected chi connectivity index (χ2v) is 6.95. The van der Waals surface area contributed by atoms with E-state index >= 15 is 0 Å². The van der Waals surface area contributed by atoms with Gasteiger partial charge in [0.2, 0.25) is 0 Å². The zero-order valence-electron chi connectivity index (χ0n) is 14.8. The van der Waals surface area contributed by atoms with Crippen molar-refractivity contribution >= 4 is 31.8 Å². The molecule has 0 radical (unpaired) electrons. The number of hydrogen-bond acceptors (Lipinski definition) is 6. The van der Waals surface area contributed by atoms with Crippen LogP contribution in [0.2, 0.25) is 0 Å². The maximum Gasteiger partial charge on any atom is 0.491 e. The molecule has 0 atom stereocenters. The first-order valence-corrected chi connectivity index (χ1v) is 8.64. The fourth-order valence-corrected chi connectivity index (χ4v) is 2.46. The van der Waals surface area contributed by atoms with Crippen molar-refractivity contribution in [1.82, 2.24) is 4.98 Å². The third kappa shape index (κ3) is 4.02. The first-order chi connectivity index (χ1) is 11.2. The van der Waals surface area contributed by atoms with Crippen LogP contribution in [0.1, 0.15) is 50.8 Å². The molecule has 1 aliphatic rings. The average molecular weight is 349 g/mol. The van der Waals surface area contributed by atoms with Gasteiger partial charge >= 0.3 is 13.1 Å². The smallest absolute Gasteiger partial charge is 0.461 e. The Kier molecular flexibility index (Phi) is 5.78. The standard InChI is InChI=1S/C17H24BNO4S/c1-6-21-15(20)14-9-7-8-13(19-14)10-12(11-24)18-22-16(2,3)17(4,5)23-18/h7-10,24H,6,11H2,1-5H3. The van der Waals surface area contributed by atoms with Gasteiger partial charge in [-0.15, -0.1) is 0 Å². The van der Waals surface area contributed by atoms with Gasteiger partial charge in [-0.2, -0.15) is 12.6 Å². The molecule has 0 bridgehead atoms. The van der Waals surface area contributed by atoms with Gasteiger partial charge in [0.1, 0.15) is 5.69 Å². The number of aromatic nitrogens is 1. The van der Waals surface area contributed by atoms with E-state index in [1.807, 2.05) is 39.8 Å². The van der Waals surface area contributed by atoms with Crippen LogP contribution in [-0.4, -0.2) is 41.6 Å². The Hall–Kier alpha value is -1.31. The van der Waals surface area contributed by atoms with Crippen molar-refractivity contribution in [2.75, 3.05) is 12.4 Å². The third-order valence-corrected chi connectivity index (χ3v) is 4.69. The van der Waals surface area contributed by atoms with Crippen molar-refractivity contribution in [3.8, 4) is 0 Å². The summed E-state index contributed by atoms with van der Waals surface area (Å²) in [5.74, 6) is 0.0260. The van der Waals surface area contributed by atoms with Crippen LogP contribution >= 0.6 is 12.6 Å². The largest absolute Gasteiger partial charge is 0.491 e. The van der Waals surface area contributed by atoms with Crippen LogP contribution in [0.4, 0.5) is 0 Å². The lowest BCUT2D eigenvalue weighted by molar-refractivity contribution is 0.00578. The highest BCUT2D eigenvalue weighted by Crippen LogP contribution is 2.38. The molecule has 2 heterocycles. The Bertz CT molecular complexity index is 629. The summed E-state index contributed by atoms with van der Waals surface area (Å²) in [5.41, 5.74) is 0.933. The van der Waals surface area contributed by atoms with Crippen LogP contribution in [0.25, 0.3) is 6.08 Å². The first-order valence-electron chi connectivity index (χ1n) is 8.01. The Balaban J connectivity index is 2.26. The summed E-state index contributed by atoms with van der Waals surface area (Å²) in [7, 11) is -0.486. The third-order valence-electron chi connectivity index (χ3n) is 4.33. The molecule has 0 N–H and O–H groups in total. The molecule has 7 heteroatoms. The topological polar surface area (TPSA) is 57.7 Å². The van der Waals surface area contributed by atoms with Gasteiger partial charge in [0, 0.05) is 5.75 Å². The van der Waals surface area contributed by atoms with Gasteiger partial charge in [-0.25, -0.2) is 9.78 Å². The molecule has 1 aliphatic heterocycles. The van der Waals surface area contributed by atoms with Gasteiger partial charge in [0.15, 0.2) is 0 Å². The Morgan fingerprint density at radius 1 is 1.29 bits per heavy atom. The van der Waals surface area contributed by atoms with E-state index in [4.69, 9.17) is 14.0 Å². The van der Waals surface area contributed by atoms with E-state index in [0.717, 1.165) is 5.47 Å². The molecule has 0 amide bonds. The maximum atomic E-state index is 11.8. The molecular formula is C17H24BNO4S. The summed E-state index contributed by atoms with van der Waals surface area (Å²) in [6, 6.07) is 5.22. The number of carbonyl (C=O) groups is 1. The molecular weight excluding hydrogens is 325 g/mol. The van der Waals surface area contributed by atoms with Crippen molar-refractivity contribution in [2.45, 2.75) is 45.8 Å². The molecule has 2 rings (SSSR count). The number of esters is 1. The number of thiol groups is 1. The minimum atomic E-state index is -0.486. The highest BCUT2D eigenvalue weighted by molar-refractivity contribution is 7.80. The second kappa shape index (κ2) is 7.29. The molecule has 0 aromatic carbocycles. The summed E-state index contributed by atoms with van der Waals surface area (Å²) in [6.07, 6.45) is 1.85. The fourth-order valence-electron chi connectivity index (χ4n) is 2.22. The number of hydrogen-bond donors (Lipinski definition) is 1. The molecule has 130 valence electrons. The minimum Gasteiger partial charge on any atom is -0.461 e. The van der Waals surface area contributed by atoms with E-state index in [2.05, 4.69) is 17.6 Å². The van der Waals surface area contributed by atoms with Crippen LogP contribution in [0.5, 0.6) is 0 Å². The monoisotopic (exact) mass is 349 g/mol. The fraction of sp³-hybridized carbons (Fsp3) is 0.529. The van der Waals surface area contributed by atoms with E-state index in [1.54, 1.807) is 19.1 Å². The van der Waals surface area contributed by atoms with Crippen LogP contribution in [-0.2, 0) is 14.0 Å². The average Bonchev–Trinajstić information content (AvgIpc) is 2.73. The molecule has 0 saturated carbocycles. The molecule has 1 saturated heterocycles. The van der Waals surface area contributed by atoms with E-state index in [-0.39, 0.29) is 5.69 Å². The molecule has 0 aliphatic carbocycles. The van der Waals surface area contributed by atoms with Gasteiger partial charge in [-0.05, 0) is 58.3 Å². The maximum absolute atomic E-state index is 11.8. The van der Waals surface area contributed by atoms with Crippen molar-refractivity contribution in [2.24, 2.45) is 0 Å². The molecule has 1 fully saturated rings. The molecule has 5 nitrogen and oxygen atoms in total. The summed E-state index contributed by atoms with van der Waals surface area (Å²) < 4.78 is 17.1. The van der Waals surface area contributed by atoms with Crippen molar-refractivity contribution in [1.29, 1.82) is 0 Å². The molecule has 1 aromatic rings.